The average molecular weight is 334 g/mol. The summed E-state index contributed by atoms with van der Waals surface area (Å²) in [6.45, 7) is 3.26. The summed E-state index contributed by atoms with van der Waals surface area (Å²) in [7, 11) is 1.62. The number of amides is 1. The Morgan fingerprint density at radius 3 is 2.64 bits per heavy atom. The summed E-state index contributed by atoms with van der Waals surface area (Å²) in [5.74, 6) is 0.728. The number of nitrogens with zero attached hydrogens (tertiary/aromatic N) is 2. The number of nitriles is 1. The molecule has 1 amide bonds. The van der Waals surface area contributed by atoms with Crippen LogP contribution in [0.15, 0.2) is 54.6 Å². The summed E-state index contributed by atoms with van der Waals surface area (Å²) in [5, 5.41) is 8.87. The summed E-state index contributed by atoms with van der Waals surface area (Å²) >= 11 is 0. The standard InChI is InChI=1S/C21H22N2O2/c1-3-13-23(16-19-9-7-18(15-22)8-10-19)21(24)12-11-17-5-4-6-20(14-17)25-2/h4-12,14H,3,13,16H2,1-2H3. The highest BCUT2D eigenvalue weighted by atomic mass is 16.5. The zero-order valence-corrected chi connectivity index (χ0v) is 14.6. The van der Waals surface area contributed by atoms with Crippen molar-refractivity contribution in [2.75, 3.05) is 13.7 Å². The third-order valence-electron chi connectivity index (χ3n) is 3.77. The number of methoxy groups -OCH3 is 1. The van der Waals surface area contributed by atoms with Gasteiger partial charge in [-0.3, -0.25) is 4.79 Å². The van der Waals surface area contributed by atoms with Gasteiger partial charge >= 0.3 is 0 Å². The Morgan fingerprint density at radius 2 is 2.00 bits per heavy atom. The smallest absolute Gasteiger partial charge is 0.246 e. The normalized spacial score (nSPS) is 10.4. The molecule has 2 aromatic rings. The molecule has 0 aliphatic rings. The summed E-state index contributed by atoms with van der Waals surface area (Å²) < 4.78 is 5.19. The Labute approximate surface area is 149 Å². The molecular formula is C21H22N2O2. The van der Waals surface area contributed by atoms with E-state index in [9.17, 15) is 4.79 Å². The first-order chi connectivity index (χ1) is 12.2. The molecule has 0 saturated heterocycles. The van der Waals surface area contributed by atoms with Crippen molar-refractivity contribution in [2.45, 2.75) is 19.9 Å². The first-order valence-electron chi connectivity index (χ1n) is 8.26. The molecule has 0 aromatic heterocycles. The van der Waals surface area contributed by atoms with Gasteiger partial charge in [0.25, 0.3) is 0 Å². The van der Waals surface area contributed by atoms with E-state index in [-0.39, 0.29) is 5.91 Å². The summed E-state index contributed by atoms with van der Waals surface area (Å²) in [6.07, 6.45) is 4.27. The van der Waals surface area contributed by atoms with Gasteiger partial charge in [0.2, 0.25) is 5.91 Å². The monoisotopic (exact) mass is 334 g/mol. The van der Waals surface area contributed by atoms with Gasteiger partial charge in [-0.1, -0.05) is 31.2 Å². The first kappa shape index (κ1) is 18.3. The van der Waals surface area contributed by atoms with E-state index in [2.05, 4.69) is 6.07 Å². The summed E-state index contributed by atoms with van der Waals surface area (Å²) in [5.41, 5.74) is 2.55. The van der Waals surface area contributed by atoms with E-state index in [0.29, 0.717) is 18.7 Å². The van der Waals surface area contributed by atoms with Crippen molar-refractivity contribution in [1.82, 2.24) is 4.90 Å². The van der Waals surface area contributed by atoms with E-state index in [4.69, 9.17) is 10.00 Å². The number of carbonyl (C=O) groups excluding carboxylic acids is 1. The van der Waals surface area contributed by atoms with Crippen LogP contribution in [0.4, 0.5) is 0 Å². The van der Waals surface area contributed by atoms with Gasteiger partial charge in [-0.25, -0.2) is 0 Å². The molecule has 0 heterocycles. The van der Waals surface area contributed by atoms with Gasteiger partial charge in [-0.15, -0.1) is 0 Å². The predicted octanol–water partition coefficient (Wildman–Crippen LogP) is 4.02. The van der Waals surface area contributed by atoms with Crippen LogP contribution in [0.2, 0.25) is 0 Å². The van der Waals surface area contributed by atoms with Gasteiger partial charge in [0.05, 0.1) is 18.7 Å². The molecule has 0 fully saturated rings. The maximum absolute atomic E-state index is 12.5. The van der Waals surface area contributed by atoms with E-state index in [1.165, 1.54) is 0 Å². The summed E-state index contributed by atoms with van der Waals surface area (Å²) in [6, 6.07) is 17.0. The fraction of sp³-hybridized carbons (Fsp3) is 0.238. The van der Waals surface area contributed by atoms with Crippen LogP contribution in [0.3, 0.4) is 0 Å². The molecule has 128 valence electrons. The molecule has 4 heteroatoms. The highest BCUT2D eigenvalue weighted by molar-refractivity contribution is 5.91. The number of ether oxygens (including phenoxy) is 1. The average Bonchev–Trinajstić information content (AvgIpc) is 2.66. The SMILES string of the molecule is CCCN(Cc1ccc(C#N)cc1)C(=O)C=Cc1cccc(OC)c1. The lowest BCUT2D eigenvalue weighted by Crippen LogP contribution is -2.29. The molecular weight excluding hydrogens is 312 g/mol. The highest BCUT2D eigenvalue weighted by Crippen LogP contribution is 2.14. The second-order valence-electron chi connectivity index (χ2n) is 5.68. The molecule has 0 aliphatic heterocycles. The zero-order valence-electron chi connectivity index (χ0n) is 14.6. The molecule has 0 atom stereocenters. The predicted molar refractivity (Wildman–Crippen MR) is 98.9 cm³/mol. The maximum Gasteiger partial charge on any atom is 0.246 e. The van der Waals surface area contributed by atoms with E-state index in [0.717, 1.165) is 23.3 Å². The lowest BCUT2D eigenvalue weighted by atomic mass is 10.1. The van der Waals surface area contributed by atoms with Crippen LogP contribution in [0.25, 0.3) is 6.08 Å². The minimum Gasteiger partial charge on any atom is -0.497 e. The molecule has 0 saturated carbocycles. The van der Waals surface area contributed by atoms with Crippen molar-refractivity contribution in [3.63, 3.8) is 0 Å². The number of hydrogen-bond donors (Lipinski definition) is 0. The molecule has 2 aromatic carbocycles. The van der Waals surface area contributed by atoms with Gasteiger partial charge in [-0.2, -0.15) is 5.26 Å². The Bertz CT molecular complexity index is 773. The van der Waals surface area contributed by atoms with Gasteiger partial charge < -0.3 is 9.64 Å². The van der Waals surface area contributed by atoms with Crippen molar-refractivity contribution < 1.29 is 9.53 Å². The molecule has 2 rings (SSSR count). The van der Waals surface area contributed by atoms with E-state index in [1.54, 1.807) is 36.3 Å². The molecule has 0 N–H and O–H groups in total. The molecule has 0 aliphatic carbocycles. The lowest BCUT2D eigenvalue weighted by Gasteiger charge is -2.20. The summed E-state index contributed by atoms with van der Waals surface area (Å²) in [4.78, 5) is 14.3. The number of benzene rings is 2. The van der Waals surface area contributed by atoms with Crippen molar-refractivity contribution in [1.29, 1.82) is 5.26 Å². The number of rotatable bonds is 7. The van der Waals surface area contributed by atoms with Gasteiger partial charge in [0.15, 0.2) is 0 Å². The Hall–Kier alpha value is -3.06. The Balaban J connectivity index is 2.08. The number of carbonyl (C=O) groups is 1. The minimum absolute atomic E-state index is 0.0333. The van der Waals surface area contributed by atoms with Crippen LogP contribution in [-0.2, 0) is 11.3 Å². The molecule has 0 unspecified atom stereocenters. The Morgan fingerprint density at radius 1 is 1.24 bits per heavy atom. The Kier molecular flexibility index (Phi) is 6.79. The third-order valence-corrected chi connectivity index (χ3v) is 3.77. The maximum atomic E-state index is 12.5. The van der Waals surface area contributed by atoms with Crippen molar-refractivity contribution >= 4 is 12.0 Å². The fourth-order valence-electron chi connectivity index (χ4n) is 2.46. The molecule has 25 heavy (non-hydrogen) atoms. The lowest BCUT2D eigenvalue weighted by molar-refractivity contribution is -0.126. The largest absolute Gasteiger partial charge is 0.497 e. The van der Waals surface area contributed by atoms with Gasteiger partial charge in [0, 0.05) is 19.2 Å². The van der Waals surface area contributed by atoms with Gasteiger partial charge in [0.1, 0.15) is 5.75 Å². The molecule has 4 nitrogen and oxygen atoms in total. The van der Waals surface area contributed by atoms with Crippen LogP contribution in [0.5, 0.6) is 5.75 Å². The van der Waals surface area contributed by atoms with Crippen LogP contribution in [0, 0.1) is 11.3 Å². The van der Waals surface area contributed by atoms with Crippen LogP contribution in [-0.4, -0.2) is 24.5 Å². The molecule has 0 bridgehead atoms. The molecule has 0 spiro atoms. The van der Waals surface area contributed by atoms with Crippen LogP contribution >= 0.6 is 0 Å². The van der Waals surface area contributed by atoms with Gasteiger partial charge in [-0.05, 0) is 47.9 Å². The van der Waals surface area contributed by atoms with Crippen molar-refractivity contribution in [3.8, 4) is 11.8 Å². The van der Waals surface area contributed by atoms with Crippen molar-refractivity contribution in [3.05, 3.63) is 71.3 Å². The fourth-order valence-corrected chi connectivity index (χ4v) is 2.46. The number of hydrogen-bond acceptors (Lipinski definition) is 3. The molecule has 0 radical (unpaired) electrons. The van der Waals surface area contributed by atoms with Crippen LogP contribution in [0.1, 0.15) is 30.0 Å². The minimum atomic E-state index is -0.0333. The third kappa shape index (κ3) is 5.50. The topological polar surface area (TPSA) is 53.3 Å². The first-order valence-corrected chi connectivity index (χ1v) is 8.26. The quantitative estimate of drug-likeness (QED) is 0.719. The van der Waals surface area contributed by atoms with Crippen LogP contribution < -0.4 is 4.74 Å². The van der Waals surface area contributed by atoms with E-state index >= 15 is 0 Å². The van der Waals surface area contributed by atoms with E-state index in [1.807, 2.05) is 43.3 Å². The van der Waals surface area contributed by atoms with Crippen molar-refractivity contribution in [2.24, 2.45) is 0 Å². The highest BCUT2D eigenvalue weighted by Gasteiger charge is 2.10. The zero-order chi connectivity index (χ0) is 18.1. The van der Waals surface area contributed by atoms with E-state index < -0.39 is 0 Å². The second-order valence-corrected chi connectivity index (χ2v) is 5.68. The second kappa shape index (κ2) is 9.29.